The van der Waals surface area contributed by atoms with E-state index in [1.165, 1.54) is 18.3 Å². The summed E-state index contributed by atoms with van der Waals surface area (Å²) in [6.07, 6.45) is -11.9. The van der Waals surface area contributed by atoms with Gasteiger partial charge in [0, 0.05) is 25.4 Å². The van der Waals surface area contributed by atoms with E-state index in [4.69, 9.17) is 16.3 Å². The Bertz CT molecular complexity index is 1110. The maximum absolute atomic E-state index is 13.5. The topological polar surface area (TPSA) is 54.5 Å². The molecule has 0 bridgehead atoms. The van der Waals surface area contributed by atoms with Gasteiger partial charge in [-0.1, -0.05) is 17.7 Å². The van der Waals surface area contributed by atoms with E-state index < -0.39 is 30.3 Å². The quantitative estimate of drug-likeness (QED) is 0.466. The monoisotopic (exact) mass is 545 g/mol. The van der Waals surface area contributed by atoms with Gasteiger partial charge in [-0.3, -0.25) is 9.78 Å². The van der Waals surface area contributed by atoms with Crippen LogP contribution < -0.4 is 10.1 Å². The summed E-state index contributed by atoms with van der Waals surface area (Å²) in [4.78, 5) is 16.4. The highest BCUT2D eigenvalue weighted by molar-refractivity contribution is 6.33. The first-order valence-electron chi connectivity index (χ1n) is 10.6. The van der Waals surface area contributed by atoms with Crippen LogP contribution in [0.15, 0.2) is 30.5 Å². The number of pyridine rings is 1. The zero-order valence-electron chi connectivity index (χ0n) is 18.6. The van der Waals surface area contributed by atoms with E-state index in [0.717, 1.165) is 11.0 Å². The Morgan fingerprint density at radius 1 is 1.11 bits per heavy atom. The Kier molecular flexibility index (Phi) is 7.92. The molecule has 2 aromatic rings. The fourth-order valence-corrected chi connectivity index (χ4v) is 3.93. The van der Waals surface area contributed by atoms with Crippen molar-refractivity contribution in [1.29, 1.82) is 0 Å². The molecule has 0 saturated heterocycles. The molecular weight excluding hydrogens is 526 g/mol. The van der Waals surface area contributed by atoms with Crippen LogP contribution in [0.3, 0.4) is 0 Å². The number of halogens is 9. The number of nitrogens with zero attached hydrogens (tertiary/aromatic N) is 2. The molecule has 0 aliphatic carbocycles. The lowest BCUT2D eigenvalue weighted by Gasteiger charge is -2.26. The van der Waals surface area contributed by atoms with Gasteiger partial charge in [0.05, 0.1) is 22.9 Å². The first-order valence-corrected chi connectivity index (χ1v) is 11.0. The highest BCUT2D eigenvalue weighted by Crippen LogP contribution is 2.39. The molecule has 1 aliphatic rings. The number of hydrogen-bond donors (Lipinski definition) is 1. The van der Waals surface area contributed by atoms with Crippen molar-refractivity contribution < 1.29 is 44.7 Å². The smallest absolute Gasteiger partial charge is 0.471 e. The summed E-state index contributed by atoms with van der Waals surface area (Å²) < 4.78 is 108. The Hall–Kier alpha value is -2.83. The van der Waals surface area contributed by atoms with Crippen molar-refractivity contribution in [1.82, 2.24) is 9.88 Å². The lowest BCUT2D eigenvalue weighted by atomic mass is 10.0. The van der Waals surface area contributed by atoms with Crippen LogP contribution in [0.4, 0.5) is 40.8 Å². The number of benzene rings is 1. The van der Waals surface area contributed by atoms with Crippen molar-refractivity contribution in [2.45, 2.75) is 50.7 Å². The molecule has 1 aromatic heterocycles. The van der Waals surface area contributed by atoms with E-state index in [-0.39, 0.29) is 48.9 Å². The number of amides is 1. The number of carbonyl (C=O) groups excluding carboxylic acids is 1. The molecule has 0 radical (unpaired) electrons. The number of ether oxygens (including phenoxy) is 1. The Labute approximate surface area is 205 Å². The summed E-state index contributed by atoms with van der Waals surface area (Å²) in [6.45, 7) is 0.224. The van der Waals surface area contributed by atoms with E-state index in [0.29, 0.717) is 23.7 Å². The number of alkyl halides is 8. The number of hydrogen-bond acceptors (Lipinski definition) is 4. The Morgan fingerprint density at radius 2 is 1.78 bits per heavy atom. The van der Waals surface area contributed by atoms with Crippen molar-refractivity contribution in [3.8, 4) is 5.75 Å². The molecule has 5 nitrogen and oxygen atoms in total. The Morgan fingerprint density at radius 3 is 2.42 bits per heavy atom. The fraction of sp³-hybridized carbons (Fsp3) is 0.455. The molecule has 2 heterocycles. The van der Waals surface area contributed by atoms with Crippen LogP contribution >= 0.6 is 11.6 Å². The summed E-state index contributed by atoms with van der Waals surface area (Å²) in [5.74, 6) is -7.27. The average Bonchev–Trinajstić information content (AvgIpc) is 2.99. The van der Waals surface area contributed by atoms with Gasteiger partial charge in [-0.25, -0.2) is 0 Å². The SMILES string of the molecule is CC(Oc1ccnc(CNc2c(Cl)ccc3c2CCN(C(=O)C(F)(F)F)CC3)c1)C(F)(F)C(F)(F)F. The summed E-state index contributed by atoms with van der Waals surface area (Å²) in [5, 5.41) is 3.24. The molecule has 1 aromatic carbocycles. The van der Waals surface area contributed by atoms with E-state index in [1.807, 2.05) is 0 Å². The van der Waals surface area contributed by atoms with Gasteiger partial charge in [0.15, 0.2) is 6.10 Å². The zero-order valence-corrected chi connectivity index (χ0v) is 19.4. The molecule has 1 amide bonds. The molecule has 0 saturated carbocycles. The highest BCUT2D eigenvalue weighted by atomic mass is 35.5. The maximum Gasteiger partial charge on any atom is 0.471 e. The molecule has 198 valence electrons. The summed E-state index contributed by atoms with van der Waals surface area (Å²) >= 11 is 6.29. The largest absolute Gasteiger partial charge is 0.484 e. The van der Waals surface area contributed by atoms with Gasteiger partial charge in [-0.15, -0.1) is 0 Å². The van der Waals surface area contributed by atoms with Crippen molar-refractivity contribution in [3.05, 3.63) is 52.3 Å². The third-order valence-electron chi connectivity index (χ3n) is 5.61. The number of nitrogens with one attached hydrogen (secondary N) is 1. The third kappa shape index (κ3) is 6.11. The second-order valence-electron chi connectivity index (χ2n) is 8.07. The van der Waals surface area contributed by atoms with Gasteiger partial charge in [0.25, 0.3) is 0 Å². The molecule has 1 unspecified atom stereocenters. The van der Waals surface area contributed by atoms with Crippen LogP contribution in [0.1, 0.15) is 23.7 Å². The maximum atomic E-state index is 13.5. The zero-order chi connectivity index (χ0) is 26.9. The van der Waals surface area contributed by atoms with Crippen LogP contribution in [-0.2, 0) is 24.2 Å². The van der Waals surface area contributed by atoms with Gasteiger partial charge in [0.2, 0.25) is 0 Å². The summed E-state index contributed by atoms with van der Waals surface area (Å²) in [6, 6.07) is 5.49. The molecule has 3 rings (SSSR count). The van der Waals surface area contributed by atoms with E-state index in [9.17, 15) is 39.9 Å². The number of rotatable bonds is 6. The number of carbonyl (C=O) groups is 1. The normalized spacial score (nSPS) is 15.7. The van der Waals surface area contributed by atoms with Gasteiger partial charge in [-0.2, -0.15) is 35.1 Å². The van der Waals surface area contributed by atoms with E-state index >= 15 is 0 Å². The molecule has 36 heavy (non-hydrogen) atoms. The predicted octanol–water partition coefficient (Wildman–Crippen LogP) is 5.80. The number of anilines is 1. The van der Waals surface area contributed by atoms with Gasteiger partial charge < -0.3 is 15.0 Å². The second-order valence-corrected chi connectivity index (χ2v) is 8.47. The minimum absolute atomic E-state index is 0.0530. The number of aromatic nitrogens is 1. The first-order chi connectivity index (χ1) is 16.6. The van der Waals surface area contributed by atoms with Crippen molar-refractivity contribution in [2.24, 2.45) is 0 Å². The predicted molar refractivity (Wildman–Crippen MR) is 114 cm³/mol. The minimum atomic E-state index is -5.79. The van der Waals surface area contributed by atoms with Gasteiger partial charge >= 0.3 is 24.2 Å². The second kappa shape index (κ2) is 10.3. The lowest BCUT2D eigenvalue weighted by Crippen LogP contribution is -2.48. The van der Waals surface area contributed by atoms with Crippen molar-refractivity contribution in [3.63, 3.8) is 0 Å². The minimum Gasteiger partial charge on any atom is -0.484 e. The standard InChI is InChI=1S/C22H20ClF8N3O2/c1-12(20(24,25)22(29,30)31)36-15-4-7-32-14(10-15)11-33-18-16-6-9-34(19(35)21(26,27)28)8-5-13(16)2-3-17(18)23/h2-4,7,10,12,33H,5-6,8-9,11H2,1H3. The fourth-order valence-electron chi connectivity index (χ4n) is 3.68. The van der Waals surface area contributed by atoms with E-state index in [2.05, 4.69) is 10.3 Å². The van der Waals surface area contributed by atoms with Crippen LogP contribution in [0, 0.1) is 0 Å². The van der Waals surface area contributed by atoms with Crippen LogP contribution in [0.25, 0.3) is 0 Å². The van der Waals surface area contributed by atoms with E-state index in [1.54, 1.807) is 6.07 Å². The van der Waals surface area contributed by atoms with Crippen LogP contribution in [0.5, 0.6) is 5.75 Å². The lowest BCUT2D eigenvalue weighted by molar-refractivity contribution is -0.306. The molecule has 0 spiro atoms. The molecule has 1 aliphatic heterocycles. The summed E-state index contributed by atoms with van der Waals surface area (Å²) in [7, 11) is 0. The van der Waals surface area contributed by atoms with Gasteiger partial charge in [0.1, 0.15) is 5.75 Å². The molecule has 1 atom stereocenters. The highest BCUT2D eigenvalue weighted by Gasteiger charge is 2.62. The van der Waals surface area contributed by atoms with Crippen LogP contribution in [-0.4, -0.2) is 53.3 Å². The molecular formula is C22H20ClF8N3O2. The third-order valence-corrected chi connectivity index (χ3v) is 5.92. The van der Waals surface area contributed by atoms with Crippen molar-refractivity contribution in [2.75, 3.05) is 18.4 Å². The Balaban J connectivity index is 1.74. The summed E-state index contributed by atoms with van der Waals surface area (Å²) in [5.41, 5.74) is 1.89. The first kappa shape index (κ1) is 27.8. The van der Waals surface area contributed by atoms with Crippen LogP contribution in [0.2, 0.25) is 5.02 Å². The number of fused-ring (bicyclic) bond motifs is 1. The van der Waals surface area contributed by atoms with Crippen molar-refractivity contribution >= 4 is 23.2 Å². The molecule has 1 N–H and O–H groups in total. The van der Waals surface area contributed by atoms with Gasteiger partial charge in [-0.05, 0) is 43.0 Å². The molecule has 14 heteroatoms. The molecule has 0 fully saturated rings. The average molecular weight is 546 g/mol.